The first-order valence-electron chi connectivity index (χ1n) is 4.52. The van der Waals surface area contributed by atoms with Gasteiger partial charge in [-0.3, -0.25) is 0 Å². The van der Waals surface area contributed by atoms with Crippen molar-refractivity contribution in [3.8, 4) is 0 Å². The molecule has 0 saturated heterocycles. The molecule has 0 atom stereocenters. The molecule has 0 fully saturated rings. The molecule has 0 radical (unpaired) electrons. The summed E-state index contributed by atoms with van der Waals surface area (Å²) < 4.78 is 8.28. The smallest absolute Gasteiger partial charge is 0.183 e. The zero-order valence-corrected chi connectivity index (χ0v) is 13.7. The highest BCUT2D eigenvalue weighted by Crippen LogP contribution is 2.26. The SMILES string of the molecule is Brc1csc(CNCc2cc(Br)c(Br)o2)c1. The average Bonchev–Trinajstić information content (AvgIpc) is 2.75. The topological polar surface area (TPSA) is 25.2 Å². The molecule has 2 heterocycles. The lowest BCUT2D eigenvalue weighted by atomic mass is 10.4. The van der Waals surface area contributed by atoms with E-state index in [1.54, 1.807) is 11.3 Å². The third kappa shape index (κ3) is 3.43. The molecule has 0 bridgehead atoms. The molecule has 2 nitrogen and oxygen atoms in total. The predicted octanol–water partition coefficient (Wildman–Crippen LogP) is 4.92. The summed E-state index contributed by atoms with van der Waals surface area (Å²) in [7, 11) is 0. The van der Waals surface area contributed by atoms with Crippen LogP contribution in [0.2, 0.25) is 0 Å². The summed E-state index contributed by atoms with van der Waals surface area (Å²) in [5.41, 5.74) is 0. The van der Waals surface area contributed by atoms with E-state index in [1.807, 2.05) is 6.07 Å². The largest absolute Gasteiger partial charge is 0.452 e. The summed E-state index contributed by atoms with van der Waals surface area (Å²) in [6.07, 6.45) is 0. The highest BCUT2D eigenvalue weighted by Gasteiger charge is 2.05. The molecule has 6 heteroatoms. The molecule has 0 aliphatic carbocycles. The number of hydrogen-bond donors (Lipinski definition) is 1. The zero-order valence-electron chi connectivity index (χ0n) is 8.10. The van der Waals surface area contributed by atoms with Gasteiger partial charge < -0.3 is 9.73 Å². The Morgan fingerprint density at radius 3 is 2.56 bits per heavy atom. The van der Waals surface area contributed by atoms with Gasteiger partial charge in [0.25, 0.3) is 0 Å². The van der Waals surface area contributed by atoms with E-state index >= 15 is 0 Å². The van der Waals surface area contributed by atoms with Gasteiger partial charge in [0.05, 0.1) is 11.0 Å². The van der Waals surface area contributed by atoms with Crippen molar-refractivity contribution < 1.29 is 4.42 Å². The fourth-order valence-corrected chi connectivity index (χ4v) is 3.31. The van der Waals surface area contributed by atoms with Crippen molar-refractivity contribution in [2.75, 3.05) is 0 Å². The Kier molecular flexibility index (Phi) is 4.66. The monoisotopic (exact) mass is 427 g/mol. The van der Waals surface area contributed by atoms with Crippen LogP contribution in [0.5, 0.6) is 0 Å². The minimum absolute atomic E-state index is 0.722. The van der Waals surface area contributed by atoms with Crippen molar-refractivity contribution in [1.82, 2.24) is 5.32 Å². The van der Waals surface area contributed by atoms with E-state index in [2.05, 4.69) is 64.6 Å². The number of halogens is 3. The standard InChI is InChI=1S/C10H8Br3NOS/c11-6-1-8(16-5-6)4-14-3-7-2-9(12)10(13)15-7/h1-2,5,14H,3-4H2. The highest BCUT2D eigenvalue weighted by molar-refractivity contribution is 9.13. The molecule has 0 amide bonds. The Balaban J connectivity index is 1.84. The van der Waals surface area contributed by atoms with E-state index in [4.69, 9.17) is 4.42 Å². The molecule has 86 valence electrons. The van der Waals surface area contributed by atoms with Crippen LogP contribution < -0.4 is 5.32 Å². The normalized spacial score (nSPS) is 10.9. The predicted molar refractivity (Wildman–Crippen MR) is 76.7 cm³/mol. The van der Waals surface area contributed by atoms with Crippen LogP contribution in [0.25, 0.3) is 0 Å². The third-order valence-corrected chi connectivity index (χ3v) is 5.32. The van der Waals surface area contributed by atoms with Gasteiger partial charge in [-0.05, 0) is 59.9 Å². The van der Waals surface area contributed by atoms with Gasteiger partial charge in [-0.15, -0.1) is 11.3 Å². The van der Waals surface area contributed by atoms with Crippen molar-refractivity contribution in [2.24, 2.45) is 0 Å². The summed E-state index contributed by atoms with van der Waals surface area (Å²) in [6, 6.07) is 4.08. The van der Waals surface area contributed by atoms with Crippen molar-refractivity contribution >= 4 is 59.1 Å². The van der Waals surface area contributed by atoms with Crippen LogP contribution >= 0.6 is 59.1 Å². The molecule has 2 aromatic heterocycles. The van der Waals surface area contributed by atoms with E-state index in [0.29, 0.717) is 0 Å². The minimum Gasteiger partial charge on any atom is -0.452 e. The highest BCUT2D eigenvalue weighted by atomic mass is 79.9. The second kappa shape index (κ2) is 5.82. The van der Waals surface area contributed by atoms with Crippen LogP contribution in [0.15, 0.2) is 35.5 Å². The second-order valence-corrected chi connectivity index (χ2v) is 6.66. The summed E-state index contributed by atoms with van der Waals surface area (Å²) in [5.74, 6) is 0.911. The first-order chi connectivity index (χ1) is 7.65. The molecule has 1 N–H and O–H groups in total. The molecule has 16 heavy (non-hydrogen) atoms. The maximum Gasteiger partial charge on any atom is 0.183 e. The van der Waals surface area contributed by atoms with Gasteiger partial charge in [0.1, 0.15) is 5.76 Å². The summed E-state index contributed by atoms with van der Waals surface area (Å²) in [5, 5.41) is 5.41. The van der Waals surface area contributed by atoms with Crippen LogP contribution in [0, 0.1) is 0 Å². The van der Waals surface area contributed by atoms with Gasteiger partial charge in [0.2, 0.25) is 0 Å². The number of rotatable bonds is 4. The lowest BCUT2D eigenvalue weighted by molar-refractivity contribution is 0.465. The molecular formula is C10H8Br3NOS. The van der Waals surface area contributed by atoms with Crippen LogP contribution in [-0.2, 0) is 13.1 Å². The number of nitrogens with one attached hydrogen (secondary N) is 1. The van der Waals surface area contributed by atoms with Crippen molar-refractivity contribution in [1.29, 1.82) is 0 Å². The van der Waals surface area contributed by atoms with Gasteiger partial charge in [0, 0.05) is 21.3 Å². The second-order valence-electron chi connectivity index (χ2n) is 3.17. The quantitative estimate of drug-likeness (QED) is 0.746. The Labute approximate surface area is 123 Å². The van der Waals surface area contributed by atoms with Gasteiger partial charge in [-0.2, -0.15) is 0 Å². The molecule has 0 saturated carbocycles. The van der Waals surface area contributed by atoms with E-state index in [-0.39, 0.29) is 0 Å². The summed E-state index contributed by atoms with van der Waals surface area (Å²) in [4.78, 5) is 1.30. The van der Waals surface area contributed by atoms with Gasteiger partial charge in [-0.1, -0.05) is 0 Å². The van der Waals surface area contributed by atoms with Crippen molar-refractivity contribution in [3.63, 3.8) is 0 Å². The van der Waals surface area contributed by atoms with Gasteiger partial charge in [0.15, 0.2) is 4.67 Å². The molecule has 0 aliphatic rings. The maximum absolute atomic E-state index is 5.46. The molecule has 2 rings (SSSR count). The van der Waals surface area contributed by atoms with Crippen LogP contribution in [0.3, 0.4) is 0 Å². The Bertz CT molecular complexity index is 461. The number of furan rings is 1. The maximum atomic E-state index is 5.46. The van der Waals surface area contributed by atoms with E-state index in [9.17, 15) is 0 Å². The first kappa shape index (κ1) is 12.8. The van der Waals surface area contributed by atoms with Crippen LogP contribution in [-0.4, -0.2) is 0 Å². The summed E-state index contributed by atoms with van der Waals surface area (Å²) >= 11 is 11.9. The first-order valence-corrected chi connectivity index (χ1v) is 7.78. The molecule has 0 spiro atoms. The molecule has 0 aromatic carbocycles. The summed E-state index contributed by atoms with van der Waals surface area (Å²) in [6.45, 7) is 1.58. The average molecular weight is 430 g/mol. The van der Waals surface area contributed by atoms with E-state index in [0.717, 1.165) is 32.5 Å². The van der Waals surface area contributed by atoms with E-state index in [1.165, 1.54) is 4.88 Å². The van der Waals surface area contributed by atoms with Crippen LogP contribution in [0.1, 0.15) is 10.6 Å². The van der Waals surface area contributed by atoms with E-state index < -0.39 is 0 Å². The lowest BCUT2D eigenvalue weighted by Crippen LogP contribution is -2.10. The zero-order chi connectivity index (χ0) is 11.5. The fraction of sp³-hybridized carbons (Fsp3) is 0.200. The van der Waals surface area contributed by atoms with Gasteiger partial charge >= 0.3 is 0 Å². The molecule has 0 unspecified atom stereocenters. The Hall–Kier alpha value is 0.380. The van der Waals surface area contributed by atoms with Gasteiger partial charge in [-0.25, -0.2) is 0 Å². The lowest BCUT2D eigenvalue weighted by Gasteiger charge is -1.99. The molecular weight excluding hydrogens is 422 g/mol. The molecule has 0 aliphatic heterocycles. The Morgan fingerprint density at radius 2 is 2.00 bits per heavy atom. The fourth-order valence-electron chi connectivity index (χ4n) is 1.23. The third-order valence-electron chi connectivity index (χ3n) is 1.92. The minimum atomic E-state index is 0.722. The Morgan fingerprint density at radius 1 is 1.19 bits per heavy atom. The van der Waals surface area contributed by atoms with Crippen molar-refractivity contribution in [2.45, 2.75) is 13.1 Å². The number of thiophene rings is 1. The molecule has 2 aromatic rings. The van der Waals surface area contributed by atoms with Crippen LogP contribution in [0.4, 0.5) is 0 Å². The number of hydrogen-bond acceptors (Lipinski definition) is 3. The van der Waals surface area contributed by atoms with Crippen molar-refractivity contribution in [3.05, 3.63) is 41.8 Å².